The van der Waals surface area contributed by atoms with Gasteiger partial charge >= 0.3 is 0 Å². The highest BCUT2D eigenvalue weighted by molar-refractivity contribution is 5.83. The fourth-order valence-electron chi connectivity index (χ4n) is 2.66. The molecule has 1 atom stereocenters. The number of rotatable bonds is 7. The number of carbonyl (C=O) groups excluding carboxylic acids is 1. The van der Waals surface area contributed by atoms with Gasteiger partial charge in [-0.2, -0.15) is 0 Å². The molecule has 1 aliphatic carbocycles. The van der Waals surface area contributed by atoms with Gasteiger partial charge < -0.3 is 16.4 Å². The van der Waals surface area contributed by atoms with Crippen molar-refractivity contribution in [1.29, 1.82) is 0 Å². The highest BCUT2D eigenvalue weighted by atomic mass is 16.1. The molecule has 0 heterocycles. The third-order valence-electron chi connectivity index (χ3n) is 3.92. The predicted molar refractivity (Wildman–Crippen MR) is 75.1 cm³/mol. The summed E-state index contributed by atoms with van der Waals surface area (Å²) in [5.41, 5.74) is 10.4. The molecule has 4 N–H and O–H groups in total. The molecule has 4 nitrogen and oxygen atoms in total. The molecule has 0 aliphatic heterocycles. The number of amides is 1. The summed E-state index contributed by atoms with van der Waals surface area (Å²) in [6, 6.07) is 0.677. The summed E-state index contributed by atoms with van der Waals surface area (Å²) in [6.45, 7) is 8.16. The first-order chi connectivity index (χ1) is 8.33. The van der Waals surface area contributed by atoms with E-state index >= 15 is 0 Å². The van der Waals surface area contributed by atoms with Gasteiger partial charge in [0.1, 0.15) is 0 Å². The van der Waals surface area contributed by atoms with Crippen LogP contribution in [-0.2, 0) is 4.79 Å². The van der Waals surface area contributed by atoms with Crippen molar-refractivity contribution < 1.29 is 4.79 Å². The first kappa shape index (κ1) is 15.4. The minimum atomic E-state index is -0.881. The molecule has 0 aromatic heterocycles. The number of nitrogens with zero attached hydrogens (tertiary/aromatic N) is 1. The predicted octanol–water partition coefficient (Wildman–Crippen LogP) is 1.48. The Morgan fingerprint density at radius 2 is 1.94 bits per heavy atom. The third kappa shape index (κ3) is 4.58. The molecule has 1 saturated carbocycles. The van der Waals surface area contributed by atoms with Gasteiger partial charge in [-0.05, 0) is 32.1 Å². The second kappa shape index (κ2) is 6.53. The zero-order valence-corrected chi connectivity index (χ0v) is 12.1. The van der Waals surface area contributed by atoms with E-state index in [9.17, 15) is 4.79 Å². The second-order valence-electron chi connectivity index (χ2n) is 6.36. The first-order valence-corrected chi connectivity index (χ1v) is 7.16. The van der Waals surface area contributed by atoms with Crippen molar-refractivity contribution in [3.8, 4) is 0 Å². The highest BCUT2D eigenvalue weighted by Gasteiger charge is 2.29. The molecule has 1 aliphatic rings. The summed E-state index contributed by atoms with van der Waals surface area (Å²) in [6.07, 6.45) is 5.87. The van der Waals surface area contributed by atoms with Gasteiger partial charge in [0.2, 0.25) is 5.91 Å². The van der Waals surface area contributed by atoms with Gasteiger partial charge in [-0.1, -0.05) is 26.7 Å². The van der Waals surface area contributed by atoms with Gasteiger partial charge in [0.25, 0.3) is 0 Å². The molecule has 0 spiro atoms. The van der Waals surface area contributed by atoms with E-state index in [4.69, 9.17) is 11.5 Å². The molecule has 1 amide bonds. The average molecular weight is 255 g/mol. The van der Waals surface area contributed by atoms with Gasteiger partial charge in [0.05, 0.1) is 5.54 Å². The second-order valence-corrected chi connectivity index (χ2v) is 6.36. The van der Waals surface area contributed by atoms with Gasteiger partial charge in [0.15, 0.2) is 0 Å². The van der Waals surface area contributed by atoms with Crippen LogP contribution in [0.4, 0.5) is 0 Å². The van der Waals surface area contributed by atoms with Crippen LogP contribution in [0, 0.1) is 5.92 Å². The van der Waals surface area contributed by atoms with E-state index in [-0.39, 0.29) is 0 Å². The summed E-state index contributed by atoms with van der Waals surface area (Å²) in [5.74, 6) is 0.238. The Morgan fingerprint density at radius 3 is 2.39 bits per heavy atom. The third-order valence-corrected chi connectivity index (χ3v) is 3.92. The molecule has 0 aromatic carbocycles. The van der Waals surface area contributed by atoms with Crippen molar-refractivity contribution in [3.63, 3.8) is 0 Å². The van der Waals surface area contributed by atoms with Crippen LogP contribution in [0.2, 0.25) is 0 Å². The smallest absolute Gasteiger partial charge is 0.237 e. The monoisotopic (exact) mass is 255 g/mol. The maximum Gasteiger partial charge on any atom is 0.237 e. The molecule has 4 heteroatoms. The van der Waals surface area contributed by atoms with Crippen LogP contribution in [0.5, 0.6) is 0 Å². The molecule has 18 heavy (non-hydrogen) atoms. The molecular weight excluding hydrogens is 226 g/mol. The average Bonchev–Trinajstić information content (AvgIpc) is 2.76. The van der Waals surface area contributed by atoms with E-state index in [0.29, 0.717) is 18.4 Å². The summed E-state index contributed by atoms with van der Waals surface area (Å²) in [5, 5.41) is 0. The Hall–Kier alpha value is -0.610. The number of hydrogen-bond acceptors (Lipinski definition) is 3. The zero-order chi connectivity index (χ0) is 13.8. The van der Waals surface area contributed by atoms with E-state index < -0.39 is 11.4 Å². The molecule has 0 aromatic rings. The molecule has 0 saturated heterocycles. The Bertz CT molecular complexity index is 270. The molecule has 1 rings (SSSR count). The fourth-order valence-corrected chi connectivity index (χ4v) is 2.66. The van der Waals surface area contributed by atoms with Gasteiger partial charge in [-0.15, -0.1) is 0 Å². The number of primary amides is 1. The van der Waals surface area contributed by atoms with Crippen molar-refractivity contribution in [3.05, 3.63) is 0 Å². The van der Waals surface area contributed by atoms with Crippen LogP contribution in [0.1, 0.15) is 52.9 Å². The van der Waals surface area contributed by atoms with Gasteiger partial charge in [0, 0.05) is 19.1 Å². The lowest BCUT2D eigenvalue weighted by Gasteiger charge is -2.33. The maximum atomic E-state index is 11.3. The Labute approximate surface area is 111 Å². The lowest BCUT2D eigenvalue weighted by atomic mass is 9.97. The van der Waals surface area contributed by atoms with Crippen LogP contribution >= 0.6 is 0 Å². The Balaban J connectivity index is 2.53. The minimum Gasteiger partial charge on any atom is -0.368 e. The first-order valence-electron chi connectivity index (χ1n) is 7.16. The molecule has 0 radical (unpaired) electrons. The Morgan fingerprint density at radius 1 is 1.39 bits per heavy atom. The van der Waals surface area contributed by atoms with Gasteiger partial charge in [-0.25, -0.2) is 0 Å². The summed E-state index contributed by atoms with van der Waals surface area (Å²) in [7, 11) is 0. The SMILES string of the molecule is CC(C)CN(CCC(C)(N)C(N)=O)C1CCCC1. The fraction of sp³-hybridized carbons (Fsp3) is 0.929. The van der Waals surface area contributed by atoms with Crippen molar-refractivity contribution in [2.45, 2.75) is 64.5 Å². The molecule has 1 fully saturated rings. The van der Waals surface area contributed by atoms with E-state index in [2.05, 4.69) is 18.7 Å². The largest absolute Gasteiger partial charge is 0.368 e. The minimum absolute atomic E-state index is 0.404. The number of nitrogens with two attached hydrogens (primary N) is 2. The van der Waals surface area contributed by atoms with Crippen LogP contribution in [0.25, 0.3) is 0 Å². The number of carbonyl (C=O) groups is 1. The van der Waals surface area contributed by atoms with Gasteiger partial charge in [-0.3, -0.25) is 4.79 Å². The summed E-state index contributed by atoms with van der Waals surface area (Å²) >= 11 is 0. The molecule has 106 valence electrons. The van der Waals surface area contributed by atoms with Crippen LogP contribution in [0.3, 0.4) is 0 Å². The summed E-state index contributed by atoms with van der Waals surface area (Å²) < 4.78 is 0. The van der Waals surface area contributed by atoms with Crippen LogP contribution in [0.15, 0.2) is 0 Å². The van der Waals surface area contributed by atoms with Crippen molar-refractivity contribution >= 4 is 5.91 Å². The quantitative estimate of drug-likeness (QED) is 0.724. The van der Waals surface area contributed by atoms with E-state index in [0.717, 1.165) is 13.1 Å². The van der Waals surface area contributed by atoms with Crippen molar-refractivity contribution in [1.82, 2.24) is 4.90 Å². The highest BCUT2D eigenvalue weighted by Crippen LogP contribution is 2.25. The van der Waals surface area contributed by atoms with Crippen molar-refractivity contribution in [2.24, 2.45) is 17.4 Å². The van der Waals surface area contributed by atoms with Crippen LogP contribution < -0.4 is 11.5 Å². The van der Waals surface area contributed by atoms with E-state index in [1.165, 1.54) is 25.7 Å². The van der Waals surface area contributed by atoms with E-state index in [1.54, 1.807) is 6.92 Å². The maximum absolute atomic E-state index is 11.3. The van der Waals surface area contributed by atoms with E-state index in [1.807, 2.05) is 0 Å². The normalized spacial score (nSPS) is 20.6. The lowest BCUT2D eigenvalue weighted by molar-refractivity contribution is -0.122. The molecule has 1 unspecified atom stereocenters. The molecular formula is C14H29N3O. The van der Waals surface area contributed by atoms with Crippen molar-refractivity contribution in [2.75, 3.05) is 13.1 Å². The topological polar surface area (TPSA) is 72.3 Å². The standard InChI is InChI=1S/C14H29N3O/c1-11(2)10-17(12-6-4-5-7-12)9-8-14(3,16)13(15)18/h11-12H,4-10,16H2,1-3H3,(H2,15,18). The number of hydrogen-bond donors (Lipinski definition) is 2. The Kier molecular flexibility index (Phi) is 5.60. The van der Waals surface area contributed by atoms with Crippen LogP contribution in [-0.4, -0.2) is 35.5 Å². The lowest BCUT2D eigenvalue weighted by Crippen LogP contribution is -2.52. The summed E-state index contributed by atoms with van der Waals surface area (Å²) in [4.78, 5) is 13.8. The zero-order valence-electron chi connectivity index (χ0n) is 12.1. The molecule has 0 bridgehead atoms.